The van der Waals surface area contributed by atoms with Crippen LogP contribution in [-0.4, -0.2) is 5.11 Å². The predicted octanol–water partition coefficient (Wildman–Crippen LogP) is 5.18. The smallest absolute Gasteiger partial charge is 0.122 e. The van der Waals surface area contributed by atoms with Crippen LogP contribution in [-0.2, 0) is 0 Å². The highest BCUT2D eigenvalue weighted by molar-refractivity contribution is 5.68. The Bertz CT molecular complexity index is 647. The number of phenols is 1. The molecule has 0 fully saturated rings. The standard InChI is InChI=1S/C19H21NO/c1-12(2)17-9-16(10-18(13(3)4)19(17)21)15-7-5-14(11-20)6-8-15/h5-10,12-13,21H,1-4H3. The van der Waals surface area contributed by atoms with E-state index in [1.54, 1.807) is 0 Å². The van der Waals surface area contributed by atoms with Crippen LogP contribution < -0.4 is 0 Å². The van der Waals surface area contributed by atoms with Crippen molar-refractivity contribution in [2.24, 2.45) is 0 Å². The molecule has 2 heteroatoms. The number of hydrogen-bond acceptors (Lipinski definition) is 2. The van der Waals surface area contributed by atoms with E-state index in [4.69, 9.17) is 5.26 Å². The fraction of sp³-hybridized carbons (Fsp3) is 0.316. The number of nitriles is 1. The van der Waals surface area contributed by atoms with Crippen molar-refractivity contribution in [2.45, 2.75) is 39.5 Å². The van der Waals surface area contributed by atoms with Gasteiger partial charge in [-0.3, -0.25) is 0 Å². The molecule has 0 aliphatic carbocycles. The van der Waals surface area contributed by atoms with Gasteiger partial charge in [0.25, 0.3) is 0 Å². The second kappa shape index (κ2) is 6.01. The van der Waals surface area contributed by atoms with Gasteiger partial charge < -0.3 is 5.11 Å². The van der Waals surface area contributed by atoms with E-state index in [1.807, 2.05) is 36.4 Å². The topological polar surface area (TPSA) is 44.0 Å². The van der Waals surface area contributed by atoms with Crippen molar-refractivity contribution in [3.8, 4) is 22.9 Å². The first-order chi connectivity index (χ1) is 9.93. The van der Waals surface area contributed by atoms with Crippen molar-refractivity contribution in [3.05, 3.63) is 53.1 Å². The number of benzene rings is 2. The highest BCUT2D eigenvalue weighted by Crippen LogP contribution is 2.37. The third-order valence-electron chi connectivity index (χ3n) is 3.76. The molecule has 21 heavy (non-hydrogen) atoms. The summed E-state index contributed by atoms with van der Waals surface area (Å²) in [4.78, 5) is 0. The molecule has 0 saturated carbocycles. The minimum absolute atomic E-state index is 0.265. The number of nitrogens with zero attached hydrogens (tertiary/aromatic N) is 1. The summed E-state index contributed by atoms with van der Waals surface area (Å²) in [6.07, 6.45) is 0. The quantitative estimate of drug-likeness (QED) is 0.841. The lowest BCUT2D eigenvalue weighted by atomic mass is 9.89. The van der Waals surface area contributed by atoms with E-state index >= 15 is 0 Å². The minimum Gasteiger partial charge on any atom is -0.507 e. The zero-order valence-electron chi connectivity index (χ0n) is 13.0. The Morgan fingerprint density at radius 2 is 1.33 bits per heavy atom. The Kier molecular flexibility index (Phi) is 4.33. The Balaban J connectivity index is 2.60. The molecule has 0 saturated heterocycles. The van der Waals surface area contributed by atoms with Gasteiger partial charge in [-0.15, -0.1) is 0 Å². The van der Waals surface area contributed by atoms with Crippen LogP contribution in [0.15, 0.2) is 36.4 Å². The van der Waals surface area contributed by atoms with Crippen LogP contribution in [0.5, 0.6) is 5.75 Å². The van der Waals surface area contributed by atoms with Crippen molar-refractivity contribution in [2.75, 3.05) is 0 Å². The van der Waals surface area contributed by atoms with E-state index in [1.165, 1.54) is 0 Å². The van der Waals surface area contributed by atoms with Gasteiger partial charge in [0.2, 0.25) is 0 Å². The molecule has 108 valence electrons. The van der Waals surface area contributed by atoms with Crippen molar-refractivity contribution < 1.29 is 5.11 Å². The first-order valence-electron chi connectivity index (χ1n) is 7.31. The van der Waals surface area contributed by atoms with Gasteiger partial charge in [0, 0.05) is 0 Å². The first kappa shape index (κ1) is 15.1. The molecule has 0 aromatic heterocycles. The third-order valence-corrected chi connectivity index (χ3v) is 3.76. The molecule has 2 nitrogen and oxygen atoms in total. The molecule has 0 atom stereocenters. The highest BCUT2D eigenvalue weighted by Gasteiger charge is 2.15. The van der Waals surface area contributed by atoms with E-state index in [0.29, 0.717) is 11.3 Å². The number of hydrogen-bond donors (Lipinski definition) is 1. The van der Waals surface area contributed by atoms with Crippen LogP contribution in [0.25, 0.3) is 11.1 Å². The van der Waals surface area contributed by atoms with E-state index < -0.39 is 0 Å². The molecule has 0 aliphatic rings. The summed E-state index contributed by atoms with van der Waals surface area (Å²) in [5, 5.41) is 19.3. The number of aromatic hydroxyl groups is 1. The van der Waals surface area contributed by atoms with Crippen LogP contribution >= 0.6 is 0 Å². The Morgan fingerprint density at radius 3 is 1.71 bits per heavy atom. The maximum atomic E-state index is 10.4. The average Bonchev–Trinajstić information content (AvgIpc) is 2.47. The maximum absolute atomic E-state index is 10.4. The summed E-state index contributed by atoms with van der Waals surface area (Å²) in [5.41, 5.74) is 4.76. The summed E-state index contributed by atoms with van der Waals surface area (Å²) >= 11 is 0. The van der Waals surface area contributed by atoms with Crippen molar-refractivity contribution in [1.82, 2.24) is 0 Å². The van der Waals surface area contributed by atoms with E-state index in [9.17, 15) is 5.11 Å². The second-order valence-corrected chi connectivity index (χ2v) is 6.00. The lowest BCUT2D eigenvalue weighted by molar-refractivity contribution is 0.454. The Hall–Kier alpha value is -2.27. The van der Waals surface area contributed by atoms with Crippen LogP contribution in [0.2, 0.25) is 0 Å². The lowest BCUT2D eigenvalue weighted by Gasteiger charge is -2.17. The van der Waals surface area contributed by atoms with Gasteiger partial charge in [0.15, 0.2) is 0 Å². The third kappa shape index (κ3) is 3.08. The second-order valence-electron chi connectivity index (χ2n) is 6.00. The summed E-state index contributed by atoms with van der Waals surface area (Å²) < 4.78 is 0. The molecule has 2 aromatic rings. The molecule has 0 radical (unpaired) electrons. The van der Waals surface area contributed by atoms with Crippen molar-refractivity contribution in [3.63, 3.8) is 0 Å². The average molecular weight is 279 g/mol. The molecule has 0 spiro atoms. The van der Waals surface area contributed by atoms with E-state index in [-0.39, 0.29) is 11.8 Å². The van der Waals surface area contributed by atoms with Gasteiger partial charge in [0.05, 0.1) is 11.6 Å². The lowest BCUT2D eigenvalue weighted by Crippen LogP contribution is -1.97. The van der Waals surface area contributed by atoms with Crippen LogP contribution in [0.1, 0.15) is 56.2 Å². The summed E-state index contributed by atoms with van der Waals surface area (Å²) in [6, 6.07) is 13.8. The molecule has 1 N–H and O–H groups in total. The molecular formula is C19H21NO. The Morgan fingerprint density at radius 1 is 0.857 bits per heavy atom. The summed E-state index contributed by atoms with van der Waals surface area (Å²) in [6.45, 7) is 8.34. The molecule has 0 amide bonds. The van der Waals surface area contributed by atoms with Crippen LogP contribution in [0.3, 0.4) is 0 Å². The minimum atomic E-state index is 0.265. The summed E-state index contributed by atoms with van der Waals surface area (Å²) in [5.74, 6) is 0.944. The van der Waals surface area contributed by atoms with Crippen LogP contribution in [0, 0.1) is 11.3 Å². The normalized spacial score (nSPS) is 10.9. The molecule has 0 aliphatic heterocycles. The van der Waals surface area contributed by atoms with E-state index in [0.717, 1.165) is 22.3 Å². The zero-order valence-corrected chi connectivity index (χ0v) is 13.0. The van der Waals surface area contributed by atoms with Gasteiger partial charge in [0.1, 0.15) is 5.75 Å². The van der Waals surface area contributed by atoms with Gasteiger partial charge in [-0.2, -0.15) is 5.26 Å². The maximum Gasteiger partial charge on any atom is 0.122 e. The van der Waals surface area contributed by atoms with Gasteiger partial charge in [-0.05, 0) is 58.4 Å². The van der Waals surface area contributed by atoms with Gasteiger partial charge in [-0.25, -0.2) is 0 Å². The highest BCUT2D eigenvalue weighted by atomic mass is 16.3. The summed E-state index contributed by atoms with van der Waals surface area (Å²) in [7, 11) is 0. The zero-order chi connectivity index (χ0) is 15.6. The SMILES string of the molecule is CC(C)c1cc(-c2ccc(C#N)cc2)cc(C(C)C)c1O. The monoisotopic (exact) mass is 279 g/mol. The molecule has 0 heterocycles. The largest absolute Gasteiger partial charge is 0.507 e. The van der Waals surface area contributed by atoms with Gasteiger partial charge in [-0.1, -0.05) is 39.8 Å². The first-order valence-corrected chi connectivity index (χ1v) is 7.31. The fourth-order valence-electron chi connectivity index (χ4n) is 2.46. The van der Waals surface area contributed by atoms with Gasteiger partial charge >= 0.3 is 0 Å². The Labute approximate surface area is 126 Å². The van der Waals surface area contributed by atoms with Crippen molar-refractivity contribution in [1.29, 1.82) is 5.26 Å². The van der Waals surface area contributed by atoms with Crippen molar-refractivity contribution >= 4 is 0 Å². The molecule has 2 aromatic carbocycles. The molecule has 0 unspecified atom stereocenters. The number of rotatable bonds is 3. The number of phenolic OH excluding ortho intramolecular Hbond substituents is 1. The molecular weight excluding hydrogens is 258 g/mol. The predicted molar refractivity (Wildman–Crippen MR) is 86.4 cm³/mol. The van der Waals surface area contributed by atoms with Crippen LogP contribution in [0.4, 0.5) is 0 Å². The molecule has 2 rings (SSSR count). The fourth-order valence-corrected chi connectivity index (χ4v) is 2.46. The molecule has 0 bridgehead atoms. The van der Waals surface area contributed by atoms with E-state index in [2.05, 4.69) is 33.8 Å².